The number of ether oxygens (including phenoxy) is 2. The van der Waals surface area contributed by atoms with Gasteiger partial charge in [0.2, 0.25) is 0 Å². The standard InChI is InChI=1S/C18H29F2N3O2/c1-18(2,3)15(24-6)11-22-17(21-4)23(5)12-13-7-9-14(10-8-13)25-16(19)20/h7-10,15-16H,11-12H2,1-6H3,(H,21,22). The van der Waals surface area contributed by atoms with Crippen LogP contribution in [-0.4, -0.2) is 51.3 Å². The number of halogens is 2. The second kappa shape index (κ2) is 9.56. The first-order valence-electron chi connectivity index (χ1n) is 8.15. The van der Waals surface area contributed by atoms with Crippen LogP contribution in [-0.2, 0) is 11.3 Å². The average molecular weight is 357 g/mol. The smallest absolute Gasteiger partial charge is 0.387 e. The molecular weight excluding hydrogens is 328 g/mol. The summed E-state index contributed by atoms with van der Waals surface area (Å²) in [6.07, 6.45) is 0.0448. The predicted molar refractivity (Wildman–Crippen MR) is 96.2 cm³/mol. The molecule has 0 heterocycles. The van der Waals surface area contributed by atoms with E-state index in [9.17, 15) is 8.78 Å². The van der Waals surface area contributed by atoms with Crippen LogP contribution >= 0.6 is 0 Å². The summed E-state index contributed by atoms with van der Waals surface area (Å²) in [5.74, 6) is 0.885. The molecule has 5 nitrogen and oxygen atoms in total. The molecule has 0 spiro atoms. The number of guanidine groups is 1. The number of nitrogens with one attached hydrogen (secondary N) is 1. The highest BCUT2D eigenvalue weighted by molar-refractivity contribution is 5.79. The van der Waals surface area contributed by atoms with Gasteiger partial charge in [-0.3, -0.25) is 4.99 Å². The van der Waals surface area contributed by atoms with Gasteiger partial charge in [0.15, 0.2) is 5.96 Å². The minimum Gasteiger partial charge on any atom is -0.435 e. The van der Waals surface area contributed by atoms with E-state index < -0.39 is 6.61 Å². The van der Waals surface area contributed by atoms with E-state index in [1.165, 1.54) is 12.1 Å². The van der Waals surface area contributed by atoms with Gasteiger partial charge in [-0.15, -0.1) is 0 Å². The van der Waals surface area contributed by atoms with Crippen LogP contribution in [0.3, 0.4) is 0 Å². The fraction of sp³-hybridized carbons (Fsp3) is 0.611. The molecule has 0 fully saturated rings. The lowest BCUT2D eigenvalue weighted by Gasteiger charge is -2.31. The maximum Gasteiger partial charge on any atom is 0.387 e. The Morgan fingerprint density at radius 2 is 1.84 bits per heavy atom. The van der Waals surface area contributed by atoms with Crippen molar-refractivity contribution in [3.05, 3.63) is 29.8 Å². The zero-order chi connectivity index (χ0) is 19.0. The molecule has 0 radical (unpaired) electrons. The Morgan fingerprint density at radius 3 is 2.28 bits per heavy atom. The summed E-state index contributed by atoms with van der Waals surface area (Å²) in [6, 6.07) is 6.58. The van der Waals surface area contributed by atoms with Gasteiger partial charge >= 0.3 is 6.61 Å². The first-order valence-corrected chi connectivity index (χ1v) is 8.15. The van der Waals surface area contributed by atoms with Crippen LogP contribution < -0.4 is 10.1 Å². The highest BCUT2D eigenvalue weighted by atomic mass is 19.3. The molecule has 0 aromatic heterocycles. The van der Waals surface area contributed by atoms with Crippen molar-refractivity contribution in [2.24, 2.45) is 10.4 Å². The van der Waals surface area contributed by atoms with Gasteiger partial charge in [-0.25, -0.2) is 0 Å². The van der Waals surface area contributed by atoms with E-state index in [-0.39, 0.29) is 17.3 Å². The molecule has 1 N–H and O–H groups in total. The first-order chi connectivity index (χ1) is 11.7. The van der Waals surface area contributed by atoms with Crippen LogP contribution in [0.5, 0.6) is 5.75 Å². The van der Waals surface area contributed by atoms with Crippen LogP contribution in [0.4, 0.5) is 8.78 Å². The maximum absolute atomic E-state index is 12.2. The van der Waals surface area contributed by atoms with Crippen LogP contribution in [0.25, 0.3) is 0 Å². The molecule has 1 atom stereocenters. The molecule has 1 aromatic carbocycles. The maximum atomic E-state index is 12.2. The Balaban J connectivity index is 2.63. The van der Waals surface area contributed by atoms with Crippen LogP contribution in [0.2, 0.25) is 0 Å². The van der Waals surface area contributed by atoms with E-state index in [1.54, 1.807) is 26.3 Å². The van der Waals surface area contributed by atoms with Crippen molar-refractivity contribution in [3.8, 4) is 5.75 Å². The fourth-order valence-corrected chi connectivity index (χ4v) is 2.44. The highest BCUT2D eigenvalue weighted by Crippen LogP contribution is 2.21. The summed E-state index contributed by atoms with van der Waals surface area (Å²) in [5, 5.41) is 3.31. The van der Waals surface area contributed by atoms with E-state index in [1.807, 2.05) is 11.9 Å². The van der Waals surface area contributed by atoms with E-state index in [4.69, 9.17) is 4.74 Å². The van der Waals surface area contributed by atoms with Gasteiger partial charge in [-0.2, -0.15) is 8.78 Å². The number of hydrogen-bond donors (Lipinski definition) is 1. The molecule has 0 aliphatic carbocycles. The highest BCUT2D eigenvalue weighted by Gasteiger charge is 2.24. The van der Waals surface area contributed by atoms with E-state index in [2.05, 4.69) is 35.8 Å². The van der Waals surface area contributed by atoms with Crippen molar-refractivity contribution in [1.29, 1.82) is 0 Å². The van der Waals surface area contributed by atoms with Gasteiger partial charge in [0.05, 0.1) is 6.10 Å². The van der Waals surface area contributed by atoms with Gasteiger partial charge in [0, 0.05) is 34.3 Å². The van der Waals surface area contributed by atoms with Crippen molar-refractivity contribution in [2.75, 3.05) is 27.7 Å². The van der Waals surface area contributed by atoms with Crippen molar-refractivity contribution in [3.63, 3.8) is 0 Å². The third kappa shape index (κ3) is 7.25. The number of nitrogens with zero attached hydrogens (tertiary/aromatic N) is 2. The minimum atomic E-state index is -2.81. The summed E-state index contributed by atoms with van der Waals surface area (Å²) in [5.41, 5.74) is 0.978. The summed E-state index contributed by atoms with van der Waals surface area (Å²) in [4.78, 5) is 6.24. The van der Waals surface area contributed by atoms with E-state index in [0.29, 0.717) is 13.1 Å². The topological polar surface area (TPSA) is 46.1 Å². The molecule has 0 saturated heterocycles. The molecule has 1 unspecified atom stereocenters. The number of alkyl halides is 2. The minimum absolute atomic E-state index is 0.0136. The number of hydrogen-bond acceptors (Lipinski definition) is 3. The molecular formula is C18H29F2N3O2. The molecule has 0 aliphatic heterocycles. The summed E-state index contributed by atoms with van der Waals surface area (Å²) >= 11 is 0. The van der Waals surface area contributed by atoms with Gasteiger partial charge in [0.25, 0.3) is 0 Å². The van der Waals surface area contributed by atoms with Gasteiger partial charge in [-0.05, 0) is 23.1 Å². The lowest BCUT2D eigenvalue weighted by atomic mass is 9.89. The lowest BCUT2D eigenvalue weighted by molar-refractivity contribution is -0.0498. The SMILES string of the molecule is CN=C(NCC(OC)C(C)(C)C)N(C)Cc1ccc(OC(F)F)cc1. The molecule has 0 saturated carbocycles. The van der Waals surface area contributed by atoms with Crippen LogP contribution in [0, 0.1) is 5.41 Å². The summed E-state index contributed by atoms with van der Waals surface area (Å²) in [7, 11) is 5.34. The summed E-state index contributed by atoms with van der Waals surface area (Å²) in [6.45, 7) is 4.78. The number of aliphatic imine (C=N–C) groups is 1. The fourth-order valence-electron chi connectivity index (χ4n) is 2.44. The summed E-state index contributed by atoms with van der Waals surface area (Å²) < 4.78 is 34.3. The van der Waals surface area contributed by atoms with Crippen LogP contribution in [0.15, 0.2) is 29.3 Å². The molecule has 7 heteroatoms. The molecule has 0 aliphatic rings. The predicted octanol–water partition coefficient (Wildman–Crippen LogP) is 3.36. The van der Waals surface area contributed by atoms with E-state index in [0.717, 1.165) is 11.5 Å². The molecule has 1 rings (SSSR count). The Morgan fingerprint density at radius 1 is 1.24 bits per heavy atom. The van der Waals surface area contributed by atoms with Crippen molar-refractivity contribution >= 4 is 5.96 Å². The molecule has 0 amide bonds. The Bertz CT molecular complexity index is 542. The Labute approximate surface area is 149 Å². The van der Waals surface area contributed by atoms with Gasteiger partial charge in [-0.1, -0.05) is 32.9 Å². The zero-order valence-corrected chi connectivity index (χ0v) is 15.8. The number of rotatable bonds is 7. The Hall–Kier alpha value is -1.89. The first kappa shape index (κ1) is 21.2. The second-order valence-electron chi connectivity index (χ2n) is 6.90. The normalized spacial score (nSPS) is 13.7. The number of methoxy groups -OCH3 is 1. The zero-order valence-electron chi connectivity index (χ0n) is 15.8. The lowest BCUT2D eigenvalue weighted by Crippen LogP contribution is -2.45. The molecule has 142 valence electrons. The second-order valence-corrected chi connectivity index (χ2v) is 6.90. The molecule has 25 heavy (non-hydrogen) atoms. The van der Waals surface area contributed by atoms with E-state index >= 15 is 0 Å². The number of benzene rings is 1. The van der Waals surface area contributed by atoms with Crippen molar-refractivity contribution in [2.45, 2.75) is 40.0 Å². The quantitative estimate of drug-likeness (QED) is 0.600. The van der Waals surface area contributed by atoms with Crippen LogP contribution in [0.1, 0.15) is 26.3 Å². The van der Waals surface area contributed by atoms with Crippen molar-refractivity contribution < 1.29 is 18.3 Å². The molecule has 1 aromatic rings. The third-order valence-corrected chi connectivity index (χ3v) is 3.84. The monoisotopic (exact) mass is 357 g/mol. The Kier molecular flexibility index (Phi) is 8.09. The van der Waals surface area contributed by atoms with Gasteiger partial charge < -0.3 is 19.7 Å². The van der Waals surface area contributed by atoms with Gasteiger partial charge in [0.1, 0.15) is 5.75 Å². The third-order valence-electron chi connectivity index (χ3n) is 3.84. The van der Waals surface area contributed by atoms with Crippen molar-refractivity contribution in [1.82, 2.24) is 10.2 Å². The largest absolute Gasteiger partial charge is 0.435 e. The molecule has 0 bridgehead atoms. The average Bonchev–Trinajstić information content (AvgIpc) is 2.51.